The van der Waals surface area contributed by atoms with Crippen LogP contribution < -0.4 is 9.64 Å². The Kier molecular flexibility index (Phi) is 5.60. The summed E-state index contributed by atoms with van der Waals surface area (Å²) in [5.74, 6) is 2.88. The lowest BCUT2D eigenvalue weighted by Gasteiger charge is -2.39. The predicted molar refractivity (Wildman–Crippen MR) is 105 cm³/mol. The fraction of sp³-hybridized carbons (Fsp3) is 0.455. The third-order valence-corrected chi connectivity index (χ3v) is 4.95. The number of ketones is 1. The molecule has 0 bridgehead atoms. The van der Waals surface area contributed by atoms with Gasteiger partial charge in [-0.15, -0.1) is 0 Å². The summed E-state index contributed by atoms with van der Waals surface area (Å²) in [7, 11) is 0. The zero-order valence-corrected chi connectivity index (χ0v) is 16.1. The van der Waals surface area contributed by atoms with Crippen LogP contribution in [0.4, 0.5) is 5.82 Å². The molecule has 2 aromatic rings. The number of carbonyl (C=O) groups is 1. The summed E-state index contributed by atoms with van der Waals surface area (Å²) in [6.45, 7) is 9.79. The average Bonchev–Trinajstić information content (AvgIpc) is 2.58. The topological polar surface area (TPSA) is 42.4 Å². The normalized spacial score (nSPS) is 15.7. The molecule has 1 aliphatic heterocycles. The van der Waals surface area contributed by atoms with E-state index in [4.69, 9.17) is 4.74 Å². The van der Waals surface area contributed by atoms with Gasteiger partial charge in [-0.3, -0.25) is 0 Å². The number of benzene rings is 1. The number of rotatable bonds is 7. The Morgan fingerprint density at radius 1 is 1.12 bits per heavy atom. The monoisotopic (exact) mass is 352 g/mol. The quantitative estimate of drug-likeness (QED) is 0.733. The molecule has 26 heavy (non-hydrogen) atoms. The van der Waals surface area contributed by atoms with Crippen molar-refractivity contribution in [2.45, 2.75) is 52.1 Å². The maximum atomic E-state index is 11.3. The second-order valence-electron chi connectivity index (χ2n) is 7.63. The summed E-state index contributed by atoms with van der Waals surface area (Å²) in [5.41, 5.74) is 2.44. The van der Waals surface area contributed by atoms with Gasteiger partial charge in [0.25, 0.3) is 0 Å². The van der Waals surface area contributed by atoms with Crippen molar-refractivity contribution >= 4 is 11.6 Å². The van der Waals surface area contributed by atoms with Crippen molar-refractivity contribution in [1.29, 1.82) is 0 Å². The molecule has 4 heteroatoms. The Hall–Kier alpha value is -2.36. The van der Waals surface area contributed by atoms with Gasteiger partial charge < -0.3 is 14.4 Å². The molecule has 1 aromatic heterocycles. The number of anilines is 1. The minimum atomic E-state index is 0.196. The van der Waals surface area contributed by atoms with Gasteiger partial charge in [-0.25, -0.2) is 4.98 Å². The van der Waals surface area contributed by atoms with E-state index in [0.29, 0.717) is 12.3 Å². The van der Waals surface area contributed by atoms with Gasteiger partial charge >= 0.3 is 0 Å². The van der Waals surface area contributed by atoms with Crippen LogP contribution in [0, 0.1) is 0 Å². The van der Waals surface area contributed by atoms with Crippen LogP contribution in [0.3, 0.4) is 0 Å². The summed E-state index contributed by atoms with van der Waals surface area (Å²) in [5, 5.41) is 0. The molecule has 1 aromatic carbocycles. The number of Topliss-reactive ketones (excluding diaryl/α,β-unsaturated/α-hetero) is 1. The summed E-state index contributed by atoms with van der Waals surface area (Å²) in [6.07, 6.45) is 2.75. The van der Waals surface area contributed by atoms with Gasteiger partial charge in [-0.05, 0) is 48.1 Å². The minimum absolute atomic E-state index is 0.196. The van der Waals surface area contributed by atoms with Gasteiger partial charge in [0.15, 0.2) is 0 Å². The zero-order chi connectivity index (χ0) is 18.7. The van der Waals surface area contributed by atoms with Crippen molar-refractivity contribution in [2.75, 3.05) is 18.0 Å². The van der Waals surface area contributed by atoms with E-state index >= 15 is 0 Å². The smallest absolute Gasteiger partial charge is 0.134 e. The van der Waals surface area contributed by atoms with Gasteiger partial charge in [-0.2, -0.15) is 0 Å². The first-order valence-corrected chi connectivity index (χ1v) is 9.39. The van der Waals surface area contributed by atoms with Crippen LogP contribution in [0.1, 0.15) is 57.1 Å². The minimum Gasteiger partial charge on any atom is -0.487 e. The number of carbonyl (C=O) groups excluding carboxylic acids is 1. The molecule has 1 saturated heterocycles. The first-order valence-electron chi connectivity index (χ1n) is 9.39. The summed E-state index contributed by atoms with van der Waals surface area (Å²) in [4.78, 5) is 18.0. The molecule has 0 spiro atoms. The highest BCUT2D eigenvalue weighted by Crippen LogP contribution is 2.26. The molecule has 2 heterocycles. The number of ether oxygens (including phenoxy) is 1. The number of nitrogens with zero attached hydrogens (tertiary/aromatic N) is 2. The molecule has 1 atom stereocenters. The van der Waals surface area contributed by atoms with Gasteiger partial charge in [-0.1, -0.05) is 39.0 Å². The van der Waals surface area contributed by atoms with Crippen LogP contribution in [0.25, 0.3) is 0 Å². The maximum absolute atomic E-state index is 11.3. The Morgan fingerprint density at radius 2 is 1.77 bits per heavy atom. The Balaban J connectivity index is 1.50. The molecular formula is C22H28N2O2. The van der Waals surface area contributed by atoms with Crippen LogP contribution >= 0.6 is 0 Å². The lowest BCUT2D eigenvalue weighted by atomic mass is 9.96. The third-order valence-electron chi connectivity index (χ3n) is 4.95. The molecule has 0 amide bonds. The van der Waals surface area contributed by atoms with Gasteiger partial charge in [0.2, 0.25) is 0 Å². The highest BCUT2D eigenvalue weighted by molar-refractivity contribution is 5.76. The van der Waals surface area contributed by atoms with E-state index in [-0.39, 0.29) is 17.8 Å². The van der Waals surface area contributed by atoms with Gasteiger partial charge in [0.05, 0.1) is 13.1 Å². The SMILES string of the molecule is CC(=O)C[C@@H](C)c1ccc(OC2CN(c3ccc(C(C)C)cn3)C2)cc1. The molecule has 1 fully saturated rings. The van der Waals surface area contributed by atoms with Crippen molar-refractivity contribution in [2.24, 2.45) is 0 Å². The van der Waals surface area contributed by atoms with Crippen LogP contribution in [-0.4, -0.2) is 30.0 Å². The van der Waals surface area contributed by atoms with Crippen molar-refractivity contribution in [3.05, 3.63) is 53.7 Å². The molecule has 138 valence electrons. The van der Waals surface area contributed by atoms with E-state index in [2.05, 4.69) is 54.9 Å². The predicted octanol–water partition coefficient (Wildman–Crippen LogP) is 4.56. The van der Waals surface area contributed by atoms with Crippen LogP contribution in [-0.2, 0) is 4.79 Å². The molecule has 1 aliphatic rings. The van der Waals surface area contributed by atoms with E-state index in [1.165, 1.54) is 11.1 Å². The van der Waals surface area contributed by atoms with Crippen molar-refractivity contribution in [3.63, 3.8) is 0 Å². The number of aromatic nitrogens is 1. The van der Waals surface area contributed by atoms with E-state index in [1.54, 1.807) is 6.92 Å². The number of hydrogen-bond donors (Lipinski definition) is 0. The zero-order valence-electron chi connectivity index (χ0n) is 16.1. The number of pyridine rings is 1. The van der Waals surface area contributed by atoms with E-state index < -0.39 is 0 Å². The lowest BCUT2D eigenvalue weighted by molar-refractivity contribution is -0.117. The average molecular weight is 352 g/mol. The summed E-state index contributed by atoms with van der Waals surface area (Å²) < 4.78 is 6.04. The third kappa shape index (κ3) is 4.43. The largest absolute Gasteiger partial charge is 0.487 e. The second-order valence-corrected chi connectivity index (χ2v) is 7.63. The van der Waals surface area contributed by atoms with Crippen molar-refractivity contribution < 1.29 is 9.53 Å². The highest BCUT2D eigenvalue weighted by Gasteiger charge is 2.29. The number of hydrogen-bond acceptors (Lipinski definition) is 4. The first-order chi connectivity index (χ1) is 12.4. The summed E-state index contributed by atoms with van der Waals surface area (Å²) in [6, 6.07) is 12.4. The van der Waals surface area contributed by atoms with Gasteiger partial charge in [0.1, 0.15) is 23.5 Å². The standard InChI is InChI=1S/C22H28N2O2/c1-15(2)19-7-10-22(23-12-19)24-13-21(14-24)26-20-8-5-18(6-9-20)16(3)11-17(4)25/h5-10,12,15-16,21H,11,13-14H2,1-4H3/t16-/m1/s1. The van der Waals surface area contributed by atoms with Crippen molar-refractivity contribution in [1.82, 2.24) is 4.98 Å². The molecule has 0 unspecified atom stereocenters. The second kappa shape index (κ2) is 7.90. The highest BCUT2D eigenvalue weighted by atomic mass is 16.5. The molecule has 0 saturated carbocycles. The van der Waals surface area contributed by atoms with Crippen molar-refractivity contribution in [3.8, 4) is 5.75 Å². The fourth-order valence-corrected chi connectivity index (χ4v) is 3.24. The van der Waals surface area contributed by atoms with E-state index in [9.17, 15) is 4.79 Å². The lowest BCUT2D eigenvalue weighted by Crippen LogP contribution is -2.54. The van der Waals surface area contributed by atoms with E-state index in [1.807, 2.05) is 18.3 Å². The van der Waals surface area contributed by atoms with Crippen LogP contribution in [0.5, 0.6) is 5.75 Å². The molecule has 4 nitrogen and oxygen atoms in total. The summed E-state index contributed by atoms with van der Waals surface area (Å²) >= 11 is 0. The Morgan fingerprint density at radius 3 is 2.31 bits per heavy atom. The molecule has 0 radical (unpaired) electrons. The molecule has 0 aliphatic carbocycles. The van der Waals surface area contributed by atoms with Crippen LogP contribution in [0.2, 0.25) is 0 Å². The van der Waals surface area contributed by atoms with Gasteiger partial charge in [0, 0.05) is 12.6 Å². The Labute approximate surface area is 156 Å². The molecule has 0 N–H and O–H groups in total. The fourth-order valence-electron chi connectivity index (χ4n) is 3.24. The van der Waals surface area contributed by atoms with E-state index in [0.717, 1.165) is 24.7 Å². The Bertz CT molecular complexity index is 732. The molecule has 3 rings (SSSR count). The van der Waals surface area contributed by atoms with Crippen LogP contribution in [0.15, 0.2) is 42.6 Å². The maximum Gasteiger partial charge on any atom is 0.134 e. The molecular weight excluding hydrogens is 324 g/mol. The first kappa shape index (κ1) is 18.4.